The highest BCUT2D eigenvalue weighted by Crippen LogP contribution is 2.38. The van der Waals surface area contributed by atoms with Crippen molar-refractivity contribution < 1.29 is 9.53 Å². The lowest BCUT2D eigenvalue weighted by Gasteiger charge is -2.48. The van der Waals surface area contributed by atoms with E-state index in [1.165, 1.54) is 6.42 Å². The first-order valence-electron chi connectivity index (χ1n) is 7.48. The van der Waals surface area contributed by atoms with E-state index in [1.807, 2.05) is 4.90 Å². The second-order valence-corrected chi connectivity index (χ2v) is 6.07. The van der Waals surface area contributed by atoms with Crippen LogP contribution in [0.3, 0.4) is 0 Å². The summed E-state index contributed by atoms with van der Waals surface area (Å²) in [6.07, 6.45) is 4.29. The number of amides is 1. The number of rotatable bonds is 1. The smallest absolute Gasteiger partial charge is 0.274 e. The molecular weight excluding hydrogens is 292 g/mol. The summed E-state index contributed by atoms with van der Waals surface area (Å²) < 4.78 is 5.88. The van der Waals surface area contributed by atoms with Gasteiger partial charge in [0.15, 0.2) is 5.69 Å². The van der Waals surface area contributed by atoms with Crippen molar-refractivity contribution in [2.45, 2.75) is 37.8 Å². The molecule has 0 aromatic carbocycles. The Labute approximate surface area is 130 Å². The van der Waals surface area contributed by atoms with Gasteiger partial charge in [-0.05, 0) is 19.3 Å². The zero-order valence-corrected chi connectivity index (χ0v) is 12.8. The van der Waals surface area contributed by atoms with Crippen LogP contribution in [0.15, 0.2) is 0 Å². The lowest BCUT2D eigenvalue weighted by atomic mass is 9.79. The molecule has 1 aromatic rings. The molecule has 0 radical (unpaired) electrons. The van der Waals surface area contributed by atoms with Gasteiger partial charge >= 0.3 is 0 Å². The van der Waals surface area contributed by atoms with E-state index < -0.39 is 0 Å². The Morgan fingerprint density at radius 3 is 3.00 bits per heavy atom. The number of hydrogen-bond donors (Lipinski definition) is 2. The van der Waals surface area contributed by atoms with E-state index in [-0.39, 0.29) is 23.9 Å². The molecule has 21 heavy (non-hydrogen) atoms. The summed E-state index contributed by atoms with van der Waals surface area (Å²) >= 11 is 0. The van der Waals surface area contributed by atoms with Gasteiger partial charge in [-0.2, -0.15) is 5.10 Å². The fraction of sp³-hybridized carbons (Fsp3) is 0.714. The average molecular weight is 313 g/mol. The van der Waals surface area contributed by atoms with Crippen molar-refractivity contribution in [2.75, 3.05) is 26.2 Å². The zero-order chi connectivity index (χ0) is 13.6. The SMILES string of the molecule is Cl.O=C(c1n[nH]c2c1CNCC2)N1CCOC2(CCC2)C1. The number of nitrogens with zero attached hydrogens (tertiary/aromatic N) is 2. The van der Waals surface area contributed by atoms with Gasteiger partial charge in [-0.1, -0.05) is 0 Å². The second kappa shape index (κ2) is 5.59. The van der Waals surface area contributed by atoms with Crippen molar-refractivity contribution in [2.24, 2.45) is 0 Å². The maximum Gasteiger partial charge on any atom is 0.274 e. The van der Waals surface area contributed by atoms with Crippen LogP contribution in [0.2, 0.25) is 0 Å². The fourth-order valence-corrected chi connectivity index (χ4v) is 3.44. The predicted octanol–water partition coefficient (Wildman–Crippen LogP) is 0.872. The van der Waals surface area contributed by atoms with Gasteiger partial charge < -0.3 is 15.0 Å². The molecule has 7 heteroatoms. The highest BCUT2D eigenvalue weighted by atomic mass is 35.5. The molecule has 3 heterocycles. The third kappa shape index (κ3) is 2.45. The molecule has 1 saturated heterocycles. The molecule has 2 aliphatic heterocycles. The number of morpholine rings is 1. The van der Waals surface area contributed by atoms with Crippen molar-refractivity contribution >= 4 is 18.3 Å². The van der Waals surface area contributed by atoms with Crippen LogP contribution in [0.4, 0.5) is 0 Å². The summed E-state index contributed by atoms with van der Waals surface area (Å²) in [6, 6.07) is 0. The first-order valence-corrected chi connectivity index (χ1v) is 7.48. The van der Waals surface area contributed by atoms with Gasteiger partial charge in [0.05, 0.1) is 18.8 Å². The molecule has 0 unspecified atom stereocenters. The summed E-state index contributed by atoms with van der Waals surface area (Å²) in [7, 11) is 0. The first kappa shape index (κ1) is 14.8. The van der Waals surface area contributed by atoms with Crippen molar-refractivity contribution in [3.8, 4) is 0 Å². The van der Waals surface area contributed by atoms with Gasteiger partial charge in [-0.15, -0.1) is 12.4 Å². The molecule has 0 atom stereocenters. The first-order chi connectivity index (χ1) is 9.77. The van der Waals surface area contributed by atoms with Crippen molar-refractivity contribution in [3.63, 3.8) is 0 Å². The van der Waals surface area contributed by atoms with E-state index in [0.717, 1.165) is 50.2 Å². The van der Waals surface area contributed by atoms with E-state index in [4.69, 9.17) is 4.74 Å². The quantitative estimate of drug-likeness (QED) is 0.807. The number of ether oxygens (including phenoxy) is 1. The maximum absolute atomic E-state index is 12.7. The number of H-pyrrole nitrogens is 1. The van der Waals surface area contributed by atoms with E-state index in [1.54, 1.807) is 0 Å². The van der Waals surface area contributed by atoms with E-state index >= 15 is 0 Å². The number of fused-ring (bicyclic) bond motifs is 1. The number of hydrogen-bond acceptors (Lipinski definition) is 4. The largest absolute Gasteiger partial charge is 0.371 e. The molecule has 0 bridgehead atoms. The molecule has 4 rings (SSSR count). The predicted molar refractivity (Wildman–Crippen MR) is 79.7 cm³/mol. The second-order valence-electron chi connectivity index (χ2n) is 6.07. The maximum atomic E-state index is 12.7. The van der Waals surface area contributed by atoms with Crippen LogP contribution in [-0.2, 0) is 17.7 Å². The van der Waals surface area contributed by atoms with E-state index in [0.29, 0.717) is 18.8 Å². The Hall–Kier alpha value is -1.11. The standard InChI is InChI=1S/C14H20N4O2.ClH/c19-13(12-10-8-15-5-2-11(10)16-17-12)18-6-7-20-14(9-18)3-1-4-14;/h15H,1-9H2,(H,16,17);1H. The number of carbonyl (C=O) groups excluding carboxylic acids is 1. The Morgan fingerprint density at radius 1 is 1.38 bits per heavy atom. The number of nitrogens with one attached hydrogen (secondary N) is 2. The van der Waals surface area contributed by atoms with Gasteiger partial charge in [-0.25, -0.2) is 0 Å². The monoisotopic (exact) mass is 312 g/mol. The normalized spacial score (nSPS) is 23.1. The minimum atomic E-state index is -0.0530. The molecular formula is C14H21ClN4O2. The summed E-state index contributed by atoms with van der Waals surface area (Å²) in [5, 5.41) is 10.6. The van der Waals surface area contributed by atoms with Crippen LogP contribution in [0.1, 0.15) is 41.0 Å². The van der Waals surface area contributed by atoms with Gasteiger partial charge in [-0.3, -0.25) is 9.89 Å². The molecule has 1 aliphatic carbocycles. The molecule has 2 N–H and O–H groups in total. The number of carbonyl (C=O) groups is 1. The van der Waals surface area contributed by atoms with Crippen LogP contribution in [0, 0.1) is 0 Å². The molecule has 6 nitrogen and oxygen atoms in total. The topological polar surface area (TPSA) is 70.2 Å². The molecule has 1 saturated carbocycles. The molecule has 116 valence electrons. The third-order valence-corrected chi connectivity index (χ3v) is 4.81. The number of aromatic nitrogens is 2. The number of aromatic amines is 1. The summed E-state index contributed by atoms with van der Waals surface area (Å²) in [6.45, 7) is 3.74. The minimum absolute atomic E-state index is 0. The van der Waals surface area contributed by atoms with Crippen LogP contribution in [0.25, 0.3) is 0 Å². The van der Waals surface area contributed by atoms with E-state index in [9.17, 15) is 4.79 Å². The van der Waals surface area contributed by atoms with Crippen LogP contribution in [-0.4, -0.2) is 52.8 Å². The lowest BCUT2D eigenvalue weighted by Crippen LogP contribution is -2.57. The van der Waals surface area contributed by atoms with Crippen molar-refractivity contribution in [1.29, 1.82) is 0 Å². The van der Waals surface area contributed by atoms with Gasteiger partial charge in [0.2, 0.25) is 0 Å². The van der Waals surface area contributed by atoms with Gasteiger partial charge in [0.25, 0.3) is 5.91 Å². The van der Waals surface area contributed by atoms with E-state index in [2.05, 4.69) is 15.5 Å². The Kier molecular flexibility index (Phi) is 3.94. The average Bonchev–Trinajstić information content (AvgIpc) is 2.89. The molecule has 3 aliphatic rings. The highest BCUT2D eigenvalue weighted by molar-refractivity contribution is 5.94. The number of halogens is 1. The van der Waals surface area contributed by atoms with Gasteiger partial charge in [0.1, 0.15) is 0 Å². The third-order valence-electron chi connectivity index (χ3n) is 4.81. The fourth-order valence-electron chi connectivity index (χ4n) is 3.44. The molecule has 2 fully saturated rings. The zero-order valence-electron chi connectivity index (χ0n) is 12.0. The van der Waals surface area contributed by atoms with Crippen LogP contribution >= 0.6 is 12.4 Å². The minimum Gasteiger partial charge on any atom is -0.371 e. The van der Waals surface area contributed by atoms with Gasteiger partial charge in [0, 0.05) is 37.3 Å². The lowest BCUT2D eigenvalue weighted by molar-refractivity contribution is -0.142. The van der Waals surface area contributed by atoms with Crippen LogP contribution < -0.4 is 5.32 Å². The summed E-state index contributed by atoms with van der Waals surface area (Å²) in [5.74, 6) is 0.0563. The van der Waals surface area contributed by atoms with Crippen molar-refractivity contribution in [1.82, 2.24) is 20.4 Å². The highest BCUT2D eigenvalue weighted by Gasteiger charge is 2.43. The summed E-state index contributed by atoms with van der Waals surface area (Å²) in [4.78, 5) is 14.6. The van der Waals surface area contributed by atoms with Crippen molar-refractivity contribution in [3.05, 3.63) is 17.0 Å². The Balaban J connectivity index is 0.00000132. The van der Waals surface area contributed by atoms with Crippen LogP contribution in [0.5, 0.6) is 0 Å². The molecule has 1 spiro atoms. The Morgan fingerprint density at radius 2 is 2.24 bits per heavy atom. The Bertz CT molecular complexity index is 541. The molecule has 1 amide bonds. The molecule has 1 aromatic heterocycles. The summed E-state index contributed by atoms with van der Waals surface area (Å²) in [5.41, 5.74) is 2.71.